The van der Waals surface area contributed by atoms with Crippen LogP contribution in [0.4, 0.5) is 0 Å². The van der Waals surface area contributed by atoms with E-state index in [9.17, 15) is 0 Å². The molecule has 0 spiro atoms. The smallest absolute Gasteiger partial charge is 0.181 e. The van der Waals surface area contributed by atoms with E-state index in [2.05, 4.69) is 20.3 Å². The molecule has 1 aromatic heterocycles. The standard InChI is InChI=1S/C12H15N3S/c1-4-8-15(9-5-1)16-12-13-10-6-2-3-7-11(10)14-12/h2-3,6-7H,1,4-5,8-9H2,(H,13,14). The topological polar surface area (TPSA) is 31.9 Å². The molecule has 1 N–H and O–H groups in total. The number of rotatable bonds is 2. The van der Waals surface area contributed by atoms with Crippen molar-refractivity contribution in [1.82, 2.24) is 14.3 Å². The summed E-state index contributed by atoms with van der Waals surface area (Å²) >= 11 is 1.76. The summed E-state index contributed by atoms with van der Waals surface area (Å²) in [6, 6.07) is 8.18. The number of nitrogens with one attached hydrogen (secondary N) is 1. The van der Waals surface area contributed by atoms with Crippen molar-refractivity contribution in [1.29, 1.82) is 0 Å². The molecule has 4 heteroatoms. The number of hydrogen-bond acceptors (Lipinski definition) is 3. The van der Waals surface area contributed by atoms with Gasteiger partial charge in [-0.3, -0.25) is 0 Å². The van der Waals surface area contributed by atoms with Gasteiger partial charge in [-0.15, -0.1) is 0 Å². The van der Waals surface area contributed by atoms with Crippen molar-refractivity contribution in [2.45, 2.75) is 24.4 Å². The molecule has 1 aromatic carbocycles. The van der Waals surface area contributed by atoms with Crippen molar-refractivity contribution in [2.75, 3.05) is 13.1 Å². The van der Waals surface area contributed by atoms with Crippen LogP contribution in [0.15, 0.2) is 29.4 Å². The number of fused-ring (bicyclic) bond motifs is 1. The van der Waals surface area contributed by atoms with Crippen molar-refractivity contribution in [3.05, 3.63) is 24.3 Å². The maximum atomic E-state index is 4.57. The Kier molecular flexibility index (Phi) is 2.84. The summed E-state index contributed by atoms with van der Waals surface area (Å²) in [5.41, 5.74) is 2.18. The first kappa shape index (κ1) is 10.2. The molecule has 1 aliphatic rings. The molecular formula is C12H15N3S. The van der Waals surface area contributed by atoms with Gasteiger partial charge in [0.05, 0.1) is 11.0 Å². The van der Waals surface area contributed by atoms with Crippen LogP contribution in [0.2, 0.25) is 0 Å². The Hall–Kier alpha value is -1.00. The Morgan fingerprint density at radius 1 is 1.12 bits per heavy atom. The Balaban J connectivity index is 1.78. The van der Waals surface area contributed by atoms with Crippen LogP contribution in [-0.2, 0) is 0 Å². The number of imidazole rings is 1. The van der Waals surface area contributed by atoms with Gasteiger partial charge < -0.3 is 4.98 Å². The summed E-state index contributed by atoms with van der Waals surface area (Å²) in [4.78, 5) is 7.93. The fourth-order valence-corrected chi connectivity index (χ4v) is 3.03. The number of aromatic nitrogens is 2. The van der Waals surface area contributed by atoms with Gasteiger partial charge in [0, 0.05) is 13.1 Å². The van der Waals surface area contributed by atoms with E-state index in [-0.39, 0.29) is 0 Å². The molecule has 84 valence electrons. The Morgan fingerprint density at radius 3 is 2.75 bits per heavy atom. The average Bonchev–Trinajstić information content (AvgIpc) is 2.72. The third-order valence-corrected chi connectivity index (χ3v) is 3.89. The second-order valence-corrected chi connectivity index (χ2v) is 5.23. The molecule has 16 heavy (non-hydrogen) atoms. The number of benzene rings is 1. The lowest BCUT2D eigenvalue weighted by Crippen LogP contribution is -2.22. The largest absolute Gasteiger partial charge is 0.332 e. The molecule has 2 aromatic rings. The van der Waals surface area contributed by atoms with Crippen molar-refractivity contribution in [2.24, 2.45) is 0 Å². The van der Waals surface area contributed by atoms with E-state index in [1.807, 2.05) is 18.2 Å². The van der Waals surface area contributed by atoms with Crippen molar-refractivity contribution < 1.29 is 0 Å². The molecule has 3 nitrogen and oxygen atoms in total. The molecule has 0 unspecified atom stereocenters. The van der Waals surface area contributed by atoms with E-state index in [0.717, 1.165) is 16.2 Å². The second-order valence-electron chi connectivity index (χ2n) is 4.14. The number of para-hydroxylation sites is 2. The summed E-state index contributed by atoms with van der Waals surface area (Å²) < 4.78 is 2.40. The second kappa shape index (κ2) is 4.47. The maximum absolute atomic E-state index is 4.57. The first-order valence-corrected chi connectivity index (χ1v) is 6.57. The van der Waals surface area contributed by atoms with Crippen LogP contribution in [0.1, 0.15) is 19.3 Å². The summed E-state index contributed by atoms with van der Waals surface area (Å²) in [6.45, 7) is 2.36. The van der Waals surface area contributed by atoms with Crippen LogP contribution in [0.5, 0.6) is 0 Å². The SMILES string of the molecule is c1ccc2[nH]c(SN3CCCCC3)nc2c1. The minimum absolute atomic E-state index is 1.02. The van der Waals surface area contributed by atoms with Crippen LogP contribution in [-0.4, -0.2) is 27.4 Å². The monoisotopic (exact) mass is 233 g/mol. The Morgan fingerprint density at radius 2 is 1.94 bits per heavy atom. The number of piperidine rings is 1. The molecule has 0 amide bonds. The van der Waals surface area contributed by atoms with Crippen molar-refractivity contribution >= 4 is 23.0 Å². The van der Waals surface area contributed by atoms with Crippen LogP contribution in [0.25, 0.3) is 11.0 Å². The van der Waals surface area contributed by atoms with Crippen molar-refractivity contribution in [3.63, 3.8) is 0 Å². The van der Waals surface area contributed by atoms with E-state index in [1.165, 1.54) is 32.4 Å². The molecule has 0 aliphatic carbocycles. The summed E-state index contributed by atoms with van der Waals surface area (Å²) in [5, 5.41) is 1.02. The van der Waals surface area contributed by atoms with Gasteiger partial charge in [-0.05, 0) is 36.9 Å². The Bertz CT molecular complexity index is 441. The highest BCUT2D eigenvalue weighted by Gasteiger charge is 2.13. The maximum Gasteiger partial charge on any atom is 0.181 e. The van der Waals surface area contributed by atoms with E-state index < -0.39 is 0 Å². The lowest BCUT2D eigenvalue weighted by molar-refractivity contribution is 0.379. The molecule has 0 radical (unpaired) electrons. The summed E-state index contributed by atoms with van der Waals surface area (Å²) in [6.07, 6.45) is 4.00. The third-order valence-electron chi connectivity index (χ3n) is 2.90. The molecule has 1 saturated heterocycles. The van der Waals surface area contributed by atoms with E-state index in [4.69, 9.17) is 0 Å². The fourth-order valence-electron chi connectivity index (χ4n) is 2.05. The molecule has 0 bridgehead atoms. The van der Waals surface area contributed by atoms with Crippen LogP contribution in [0.3, 0.4) is 0 Å². The first-order valence-electron chi connectivity index (χ1n) is 5.79. The first-order chi connectivity index (χ1) is 7.92. The zero-order valence-electron chi connectivity index (χ0n) is 9.15. The lowest BCUT2D eigenvalue weighted by Gasteiger charge is -2.23. The zero-order chi connectivity index (χ0) is 10.8. The summed E-state index contributed by atoms with van der Waals surface area (Å²) in [5.74, 6) is 0. The van der Waals surface area contributed by atoms with Crippen molar-refractivity contribution in [3.8, 4) is 0 Å². The van der Waals surface area contributed by atoms with Gasteiger partial charge in [0.2, 0.25) is 0 Å². The quantitative estimate of drug-likeness (QED) is 0.809. The molecule has 2 heterocycles. The molecule has 0 atom stereocenters. The van der Waals surface area contributed by atoms with Gasteiger partial charge in [0.15, 0.2) is 5.16 Å². The van der Waals surface area contributed by atoms with E-state index >= 15 is 0 Å². The van der Waals surface area contributed by atoms with Gasteiger partial charge in [0.25, 0.3) is 0 Å². The lowest BCUT2D eigenvalue weighted by atomic mass is 10.2. The van der Waals surface area contributed by atoms with Gasteiger partial charge in [-0.1, -0.05) is 18.6 Å². The molecular weight excluding hydrogens is 218 g/mol. The van der Waals surface area contributed by atoms with Crippen LogP contribution in [0, 0.1) is 0 Å². The summed E-state index contributed by atoms with van der Waals surface area (Å²) in [7, 11) is 0. The van der Waals surface area contributed by atoms with E-state index in [1.54, 1.807) is 11.9 Å². The minimum Gasteiger partial charge on any atom is -0.332 e. The number of H-pyrrole nitrogens is 1. The third kappa shape index (κ3) is 2.08. The molecule has 3 rings (SSSR count). The van der Waals surface area contributed by atoms with Gasteiger partial charge in [-0.25, -0.2) is 9.29 Å². The molecule has 0 saturated carbocycles. The fraction of sp³-hybridized carbons (Fsp3) is 0.417. The van der Waals surface area contributed by atoms with Crippen LogP contribution >= 0.6 is 11.9 Å². The van der Waals surface area contributed by atoms with Gasteiger partial charge in [-0.2, -0.15) is 0 Å². The molecule has 1 aliphatic heterocycles. The number of aromatic amines is 1. The van der Waals surface area contributed by atoms with Gasteiger partial charge >= 0.3 is 0 Å². The van der Waals surface area contributed by atoms with Gasteiger partial charge in [0.1, 0.15) is 0 Å². The zero-order valence-corrected chi connectivity index (χ0v) is 9.96. The van der Waals surface area contributed by atoms with E-state index in [0.29, 0.717) is 0 Å². The normalized spacial score (nSPS) is 18.0. The number of hydrogen-bond donors (Lipinski definition) is 1. The van der Waals surface area contributed by atoms with Crippen LogP contribution < -0.4 is 0 Å². The minimum atomic E-state index is 1.02. The highest BCUT2D eigenvalue weighted by atomic mass is 32.2. The predicted molar refractivity (Wildman–Crippen MR) is 67.4 cm³/mol. The number of nitrogens with zero attached hydrogens (tertiary/aromatic N) is 2. The molecule has 1 fully saturated rings. The predicted octanol–water partition coefficient (Wildman–Crippen LogP) is 3.06. The Labute approximate surface area is 99.4 Å². The average molecular weight is 233 g/mol. The highest BCUT2D eigenvalue weighted by molar-refractivity contribution is 7.96. The highest BCUT2D eigenvalue weighted by Crippen LogP contribution is 2.25.